The molecule has 0 spiro atoms. The maximum absolute atomic E-state index is 12.8. The number of esters is 1. The van der Waals surface area contributed by atoms with E-state index in [-0.39, 0.29) is 22.8 Å². The number of nitrogens with two attached hydrogens (primary N) is 1. The number of ether oxygens (including phenoxy) is 1. The Balaban J connectivity index is 2.54. The molecule has 17 heavy (non-hydrogen) atoms. The van der Waals surface area contributed by atoms with Gasteiger partial charge in [-0.1, -0.05) is 12.1 Å². The van der Waals surface area contributed by atoms with E-state index < -0.39 is 0 Å². The number of hydrogen-bond donors (Lipinski definition) is 1. The van der Waals surface area contributed by atoms with E-state index in [1.165, 1.54) is 23.9 Å². The predicted octanol–water partition coefficient (Wildman–Crippen LogP) is 2.12. The highest BCUT2D eigenvalue weighted by molar-refractivity contribution is 8.00. The second-order valence-corrected chi connectivity index (χ2v) is 4.58. The van der Waals surface area contributed by atoms with Gasteiger partial charge in [0, 0.05) is 11.8 Å². The van der Waals surface area contributed by atoms with Crippen LogP contribution in [0.25, 0.3) is 0 Å². The SMILES string of the molecule is CCOC(=O)CSC(CN)c1ccc(F)cc1. The van der Waals surface area contributed by atoms with Crippen molar-refractivity contribution in [2.75, 3.05) is 18.9 Å². The maximum Gasteiger partial charge on any atom is 0.315 e. The van der Waals surface area contributed by atoms with Gasteiger partial charge in [-0.3, -0.25) is 4.79 Å². The second-order valence-electron chi connectivity index (χ2n) is 3.39. The molecule has 1 unspecified atom stereocenters. The Labute approximate surface area is 105 Å². The summed E-state index contributed by atoms with van der Waals surface area (Å²) in [5.74, 6) is -0.273. The van der Waals surface area contributed by atoms with Gasteiger partial charge < -0.3 is 10.5 Å². The molecule has 1 aromatic rings. The minimum atomic E-state index is -0.278. The van der Waals surface area contributed by atoms with E-state index >= 15 is 0 Å². The van der Waals surface area contributed by atoms with Crippen molar-refractivity contribution < 1.29 is 13.9 Å². The number of hydrogen-bond acceptors (Lipinski definition) is 4. The fraction of sp³-hybridized carbons (Fsp3) is 0.417. The van der Waals surface area contributed by atoms with Crippen molar-refractivity contribution in [3.8, 4) is 0 Å². The first-order valence-electron chi connectivity index (χ1n) is 5.40. The molecule has 1 rings (SSSR count). The van der Waals surface area contributed by atoms with Crippen molar-refractivity contribution in [2.24, 2.45) is 5.73 Å². The molecule has 3 nitrogen and oxygen atoms in total. The lowest BCUT2D eigenvalue weighted by Gasteiger charge is -2.14. The summed E-state index contributed by atoms with van der Waals surface area (Å²) in [5.41, 5.74) is 6.56. The molecule has 0 saturated carbocycles. The van der Waals surface area contributed by atoms with Gasteiger partial charge in [0.15, 0.2) is 0 Å². The zero-order chi connectivity index (χ0) is 12.7. The Morgan fingerprint density at radius 3 is 2.65 bits per heavy atom. The third kappa shape index (κ3) is 4.75. The van der Waals surface area contributed by atoms with Crippen LogP contribution < -0.4 is 5.73 Å². The van der Waals surface area contributed by atoms with Gasteiger partial charge in [-0.15, -0.1) is 11.8 Å². The van der Waals surface area contributed by atoms with Crippen molar-refractivity contribution in [2.45, 2.75) is 12.2 Å². The first-order valence-corrected chi connectivity index (χ1v) is 6.45. The van der Waals surface area contributed by atoms with Gasteiger partial charge in [0.25, 0.3) is 0 Å². The molecule has 0 aromatic heterocycles. The summed E-state index contributed by atoms with van der Waals surface area (Å²) in [7, 11) is 0. The molecule has 0 fully saturated rings. The van der Waals surface area contributed by atoms with Crippen LogP contribution in [0.5, 0.6) is 0 Å². The minimum Gasteiger partial charge on any atom is -0.465 e. The van der Waals surface area contributed by atoms with Crippen molar-refractivity contribution in [3.63, 3.8) is 0 Å². The molecule has 1 atom stereocenters. The van der Waals surface area contributed by atoms with Crippen LogP contribution in [-0.2, 0) is 9.53 Å². The summed E-state index contributed by atoms with van der Waals surface area (Å²) in [5, 5.41) is -0.0139. The van der Waals surface area contributed by atoms with Crippen molar-refractivity contribution in [1.29, 1.82) is 0 Å². The summed E-state index contributed by atoms with van der Waals surface area (Å²) in [6.07, 6.45) is 0. The van der Waals surface area contributed by atoms with Gasteiger partial charge in [-0.2, -0.15) is 0 Å². The van der Waals surface area contributed by atoms with Gasteiger partial charge in [0.05, 0.1) is 12.4 Å². The molecule has 0 bridgehead atoms. The quantitative estimate of drug-likeness (QED) is 0.793. The van der Waals surface area contributed by atoms with Crippen molar-refractivity contribution in [1.82, 2.24) is 0 Å². The molecule has 0 heterocycles. The molecule has 0 aliphatic heterocycles. The van der Waals surface area contributed by atoms with Crippen LogP contribution in [0.1, 0.15) is 17.7 Å². The molecule has 0 aliphatic rings. The van der Waals surface area contributed by atoms with Crippen LogP contribution in [0.3, 0.4) is 0 Å². The average Bonchev–Trinajstić information content (AvgIpc) is 2.32. The van der Waals surface area contributed by atoms with Crippen LogP contribution in [0.2, 0.25) is 0 Å². The minimum absolute atomic E-state index is 0.0139. The molecule has 94 valence electrons. The predicted molar refractivity (Wildman–Crippen MR) is 67.3 cm³/mol. The third-order valence-corrected chi connectivity index (χ3v) is 3.43. The van der Waals surface area contributed by atoms with E-state index in [4.69, 9.17) is 10.5 Å². The Morgan fingerprint density at radius 1 is 1.47 bits per heavy atom. The molecule has 0 amide bonds. The van der Waals surface area contributed by atoms with Crippen molar-refractivity contribution >= 4 is 17.7 Å². The number of carbonyl (C=O) groups is 1. The van der Waals surface area contributed by atoms with E-state index in [0.717, 1.165) is 5.56 Å². The van der Waals surface area contributed by atoms with Crippen LogP contribution in [0.15, 0.2) is 24.3 Å². The summed E-state index contributed by atoms with van der Waals surface area (Å²) in [6, 6.07) is 6.15. The molecule has 1 aromatic carbocycles. The number of benzene rings is 1. The third-order valence-electron chi connectivity index (χ3n) is 2.16. The Hall–Kier alpha value is -1.07. The first kappa shape index (κ1) is 14.0. The molecule has 0 saturated heterocycles. The Bertz CT molecular complexity index is 356. The zero-order valence-electron chi connectivity index (χ0n) is 9.69. The second kappa shape index (κ2) is 7.29. The highest BCUT2D eigenvalue weighted by Crippen LogP contribution is 2.27. The summed E-state index contributed by atoms with van der Waals surface area (Å²) >= 11 is 1.41. The molecule has 0 radical (unpaired) electrons. The zero-order valence-corrected chi connectivity index (χ0v) is 10.5. The van der Waals surface area contributed by atoms with Gasteiger partial charge in [0.1, 0.15) is 5.82 Å². The van der Waals surface area contributed by atoms with E-state index in [9.17, 15) is 9.18 Å². The topological polar surface area (TPSA) is 52.3 Å². The van der Waals surface area contributed by atoms with Crippen LogP contribution in [-0.4, -0.2) is 24.9 Å². The van der Waals surface area contributed by atoms with Crippen LogP contribution in [0.4, 0.5) is 4.39 Å². The van der Waals surface area contributed by atoms with E-state index in [2.05, 4.69) is 0 Å². The lowest BCUT2D eigenvalue weighted by Crippen LogP contribution is -2.13. The number of rotatable bonds is 6. The average molecular weight is 257 g/mol. The number of halogens is 1. The monoisotopic (exact) mass is 257 g/mol. The molecule has 2 N–H and O–H groups in total. The fourth-order valence-electron chi connectivity index (χ4n) is 1.35. The molecular weight excluding hydrogens is 241 g/mol. The van der Waals surface area contributed by atoms with Gasteiger partial charge in [-0.25, -0.2) is 4.39 Å². The van der Waals surface area contributed by atoms with Gasteiger partial charge in [0.2, 0.25) is 0 Å². The highest BCUT2D eigenvalue weighted by atomic mass is 32.2. The van der Waals surface area contributed by atoms with Gasteiger partial charge in [-0.05, 0) is 24.6 Å². The van der Waals surface area contributed by atoms with E-state index in [1.54, 1.807) is 19.1 Å². The standard InChI is InChI=1S/C12H16FNO2S/c1-2-16-12(15)8-17-11(7-14)9-3-5-10(13)6-4-9/h3-6,11H,2,7-8,14H2,1H3. The Kier molecular flexibility index (Phi) is 6.00. The molecule has 0 aliphatic carbocycles. The van der Waals surface area contributed by atoms with Crippen LogP contribution in [0, 0.1) is 5.82 Å². The summed E-state index contributed by atoms with van der Waals surface area (Å²) < 4.78 is 17.6. The summed E-state index contributed by atoms with van der Waals surface area (Å²) in [4.78, 5) is 11.2. The Morgan fingerprint density at radius 2 is 2.12 bits per heavy atom. The summed E-state index contributed by atoms with van der Waals surface area (Å²) in [6.45, 7) is 2.54. The lowest BCUT2D eigenvalue weighted by molar-refractivity contribution is -0.139. The molecule has 5 heteroatoms. The largest absolute Gasteiger partial charge is 0.465 e. The van der Waals surface area contributed by atoms with E-state index in [1.807, 2.05) is 0 Å². The van der Waals surface area contributed by atoms with Crippen molar-refractivity contribution in [3.05, 3.63) is 35.6 Å². The normalized spacial score (nSPS) is 12.2. The number of thioether (sulfide) groups is 1. The van der Waals surface area contributed by atoms with Gasteiger partial charge >= 0.3 is 5.97 Å². The van der Waals surface area contributed by atoms with Crippen LogP contribution >= 0.6 is 11.8 Å². The van der Waals surface area contributed by atoms with E-state index in [0.29, 0.717) is 13.2 Å². The smallest absolute Gasteiger partial charge is 0.315 e. The lowest BCUT2D eigenvalue weighted by atomic mass is 10.1. The molecular formula is C12H16FNO2S. The fourth-order valence-corrected chi connectivity index (χ4v) is 2.26. The first-order chi connectivity index (χ1) is 8.17. The number of carbonyl (C=O) groups excluding carboxylic acids is 1. The highest BCUT2D eigenvalue weighted by Gasteiger charge is 2.13. The maximum atomic E-state index is 12.8.